The maximum atomic E-state index is 12.6. The minimum Gasteiger partial charge on any atom is -0.490 e. The molecule has 0 spiro atoms. The van der Waals surface area contributed by atoms with Crippen molar-refractivity contribution in [1.29, 1.82) is 5.26 Å². The zero-order valence-electron chi connectivity index (χ0n) is 14.4. The fraction of sp³-hybridized carbons (Fsp3) is 0.333. The van der Waals surface area contributed by atoms with Gasteiger partial charge in [-0.25, -0.2) is 0 Å². The van der Waals surface area contributed by atoms with Gasteiger partial charge in [-0.05, 0) is 42.3 Å². The number of hydrogen-bond acceptors (Lipinski definition) is 3. The number of likely N-dealkylation sites (tertiary alicyclic amines) is 1. The second kappa shape index (κ2) is 7.85. The lowest BCUT2D eigenvalue weighted by atomic mass is 10.0. The fourth-order valence-electron chi connectivity index (χ4n) is 3.11. The third-order valence-corrected chi connectivity index (χ3v) is 4.58. The predicted molar refractivity (Wildman–Crippen MR) is 96.5 cm³/mol. The third-order valence-electron chi connectivity index (χ3n) is 4.58. The Morgan fingerprint density at radius 2 is 1.96 bits per heavy atom. The van der Waals surface area contributed by atoms with E-state index < -0.39 is 0 Å². The summed E-state index contributed by atoms with van der Waals surface area (Å²) in [7, 11) is 0. The number of carbonyl (C=O) groups excluding carboxylic acids is 1. The molecular formula is C21H22N2O2. The largest absolute Gasteiger partial charge is 0.490 e. The molecule has 1 amide bonds. The molecule has 25 heavy (non-hydrogen) atoms. The van der Waals surface area contributed by atoms with E-state index in [1.807, 2.05) is 17.0 Å². The quantitative estimate of drug-likeness (QED) is 0.854. The summed E-state index contributed by atoms with van der Waals surface area (Å²) < 4.78 is 6.09. The summed E-state index contributed by atoms with van der Waals surface area (Å²) in [5.41, 5.74) is 2.36. The van der Waals surface area contributed by atoms with Crippen molar-refractivity contribution in [3.8, 4) is 11.8 Å². The molecule has 2 aromatic rings. The number of amides is 1. The molecule has 1 fully saturated rings. The van der Waals surface area contributed by atoms with E-state index in [9.17, 15) is 4.79 Å². The van der Waals surface area contributed by atoms with Gasteiger partial charge in [0.15, 0.2) is 0 Å². The van der Waals surface area contributed by atoms with E-state index in [4.69, 9.17) is 10.00 Å². The predicted octanol–water partition coefficient (Wildman–Crippen LogP) is 3.80. The standard InChI is InChI=1S/C21H22N2O2/c1-2-16-5-4-8-20(14-16)25-19-9-11-23(12-10-19)21(24)18-7-3-6-17(13-18)15-22/h3-8,13-14,19H,2,9-12H2,1H3. The third kappa shape index (κ3) is 4.19. The molecule has 2 aromatic carbocycles. The van der Waals surface area contributed by atoms with Crippen molar-refractivity contribution in [3.05, 3.63) is 65.2 Å². The van der Waals surface area contributed by atoms with Gasteiger partial charge in [0, 0.05) is 31.5 Å². The molecule has 0 atom stereocenters. The van der Waals surface area contributed by atoms with Crippen molar-refractivity contribution in [3.63, 3.8) is 0 Å². The highest BCUT2D eigenvalue weighted by Crippen LogP contribution is 2.21. The molecule has 0 aliphatic carbocycles. The van der Waals surface area contributed by atoms with E-state index in [1.54, 1.807) is 24.3 Å². The Hall–Kier alpha value is -2.80. The summed E-state index contributed by atoms with van der Waals surface area (Å²) in [5.74, 6) is 0.898. The summed E-state index contributed by atoms with van der Waals surface area (Å²) in [6, 6.07) is 17.2. The van der Waals surface area contributed by atoms with Crippen LogP contribution in [0, 0.1) is 11.3 Å². The minimum atomic E-state index is -0.0106. The number of ether oxygens (including phenoxy) is 1. The molecule has 128 valence electrons. The van der Waals surface area contributed by atoms with E-state index in [2.05, 4.69) is 25.1 Å². The maximum absolute atomic E-state index is 12.6. The molecule has 0 radical (unpaired) electrons. The summed E-state index contributed by atoms with van der Waals surface area (Å²) in [6.07, 6.45) is 2.77. The van der Waals surface area contributed by atoms with Crippen LogP contribution in [0.5, 0.6) is 5.75 Å². The summed E-state index contributed by atoms with van der Waals surface area (Å²) in [4.78, 5) is 14.4. The van der Waals surface area contributed by atoms with Crippen LogP contribution in [0.2, 0.25) is 0 Å². The van der Waals surface area contributed by atoms with Gasteiger partial charge in [0.2, 0.25) is 0 Å². The van der Waals surface area contributed by atoms with Crippen molar-refractivity contribution in [1.82, 2.24) is 4.90 Å². The lowest BCUT2D eigenvalue weighted by molar-refractivity contribution is 0.0595. The van der Waals surface area contributed by atoms with Crippen LogP contribution < -0.4 is 4.74 Å². The number of nitriles is 1. The molecule has 1 aliphatic rings. The Labute approximate surface area is 148 Å². The van der Waals surface area contributed by atoms with Crippen LogP contribution in [0.15, 0.2) is 48.5 Å². The van der Waals surface area contributed by atoms with Gasteiger partial charge in [-0.1, -0.05) is 25.1 Å². The number of carbonyl (C=O) groups is 1. The summed E-state index contributed by atoms with van der Waals surface area (Å²) >= 11 is 0. The number of hydrogen-bond donors (Lipinski definition) is 0. The van der Waals surface area contributed by atoms with Gasteiger partial charge in [-0.2, -0.15) is 5.26 Å². The van der Waals surface area contributed by atoms with E-state index >= 15 is 0 Å². The zero-order valence-corrected chi connectivity index (χ0v) is 14.4. The van der Waals surface area contributed by atoms with Crippen LogP contribution >= 0.6 is 0 Å². The molecule has 3 rings (SSSR count). The van der Waals surface area contributed by atoms with E-state index in [0.717, 1.165) is 25.0 Å². The Morgan fingerprint density at radius 1 is 1.20 bits per heavy atom. The van der Waals surface area contributed by atoms with Crippen LogP contribution in [-0.2, 0) is 6.42 Å². The molecule has 0 saturated carbocycles. The lowest BCUT2D eigenvalue weighted by Crippen LogP contribution is -2.41. The average molecular weight is 334 g/mol. The second-order valence-electron chi connectivity index (χ2n) is 6.30. The molecular weight excluding hydrogens is 312 g/mol. The second-order valence-corrected chi connectivity index (χ2v) is 6.30. The van der Waals surface area contributed by atoms with Crippen molar-refractivity contribution >= 4 is 5.91 Å². The Balaban J connectivity index is 1.57. The Bertz CT molecular complexity index is 786. The normalized spacial score (nSPS) is 14.8. The number of benzene rings is 2. The van der Waals surface area contributed by atoms with Gasteiger partial charge in [0.25, 0.3) is 5.91 Å². The highest BCUT2D eigenvalue weighted by Gasteiger charge is 2.24. The smallest absolute Gasteiger partial charge is 0.253 e. The molecule has 4 heteroatoms. The molecule has 1 aliphatic heterocycles. The highest BCUT2D eigenvalue weighted by atomic mass is 16.5. The Morgan fingerprint density at radius 3 is 2.68 bits per heavy atom. The number of nitrogens with zero attached hydrogens (tertiary/aromatic N) is 2. The first-order valence-corrected chi connectivity index (χ1v) is 8.74. The number of piperidine rings is 1. The molecule has 0 N–H and O–H groups in total. The first-order valence-electron chi connectivity index (χ1n) is 8.74. The van der Waals surface area contributed by atoms with E-state index in [0.29, 0.717) is 24.2 Å². The first kappa shape index (κ1) is 17.0. The van der Waals surface area contributed by atoms with E-state index in [-0.39, 0.29) is 12.0 Å². The maximum Gasteiger partial charge on any atom is 0.253 e. The van der Waals surface area contributed by atoms with Crippen LogP contribution in [0.1, 0.15) is 41.3 Å². The molecule has 1 heterocycles. The fourth-order valence-corrected chi connectivity index (χ4v) is 3.11. The van der Waals surface area contributed by atoms with Gasteiger partial charge >= 0.3 is 0 Å². The monoisotopic (exact) mass is 334 g/mol. The average Bonchev–Trinajstić information content (AvgIpc) is 2.68. The van der Waals surface area contributed by atoms with Crippen LogP contribution in [-0.4, -0.2) is 30.0 Å². The van der Waals surface area contributed by atoms with Gasteiger partial charge in [-0.3, -0.25) is 4.79 Å². The first-order chi connectivity index (χ1) is 12.2. The lowest BCUT2D eigenvalue weighted by Gasteiger charge is -2.32. The highest BCUT2D eigenvalue weighted by molar-refractivity contribution is 5.94. The van der Waals surface area contributed by atoms with Crippen LogP contribution in [0.25, 0.3) is 0 Å². The molecule has 0 unspecified atom stereocenters. The summed E-state index contributed by atoms with van der Waals surface area (Å²) in [6.45, 7) is 3.48. The molecule has 0 aromatic heterocycles. The van der Waals surface area contributed by atoms with Gasteiger partial charge in [0.1, 0.15) is 11.9 Å². The van der Waals surface area contributed by atoms with Crippen LogP contribution in [0.4, 0.5) is 0 Å². The summed E-state index contributed by atoms with van der Waals surface area (Å²) in [5, 5.41) is 8.97. The van der Waals surface area contributed by atoms with Crippen molar-refractivity contribution in [2.24, 2.45) is 0 Å². The molecule has 4 nitrogen and oxygen atoms in total. The van der Waals surface area contributed by atoms with Crippen LogP contribution in [0.3, 0.4) is 0 Å². The van der Waals surface area contributed by atoms with Gasteiger partial charge in [0.05, 0.1) is 11.6 Å². The van der Waals surface area contributed by atoms with Gasteiger partial charge < -0.3 is 9.64 Å². The van der Waals surface area contributed by atoms with Crippen molar-refractivity contribution < 1.29 is 9.53 Å². The SMILES string of the molecule is CCc1cccc(OC2CCN(C(=O)c3cccc(C#N)c3)CC2)c1. The van der Waals surface area contributed by atoms with E-state index in [1.165, 1.54) is 5.56 Å². The van der Waals surface area contributed by atoms with Crippen molar-refractivity contribution in [2.75, 3.05) is 13.1 Å². The zero-order chi connectivity index (χ0) is 17.6. The molecule has 0 bridgehead atoms. The van der Waals surface area contributed by atoms with Crippen molar-refractivity contribution in [2.45, 2.75) is 32.3 Å². The number of aryl methyl sites for hydroxylation is 1. The Kier molecular flexibility index (Phi) is 5.35. The topological polar surface area (TPSA) is 53.3 Å². The number of rotatable bonds is 4. The minimum absolute atomic E-state index is 0.0106. The molecule has 1 saturated heterocycles. The van der Waals surface area contributed by atoms with Gasteiger partial charge in [-0.15, -0.1) is 0 Å².